The lowest BCUT2D eigenvalue weighted by Gasteiger charge is -2.20. The largest absolute Gasteiger partial charge is 0.587 e. The molecule has 3 unspecified atom stereocenters. The zero-order valence-electron chi connectivity index (χ0n) is 21.0. The molecule has 3 aromatic rings. The van der Waals surface area contributed by atoms with E-state index in [-0.39, 0.29) is 30.6 Å². The van der Waals surface area contributed by atoms with Gasteiger partial charge in [-0.3, -0.25) is 9.59 Å². The second-order valence-corrected chi connectivity index (χ2v) is 10.3. The highest BCUT2D eigenvalue weighted by molar-refractivity contribution is 7.92. The van der Waals surface area contributed by atoms with Gasteiger partial charge in [0.05, 0.1) is 30.1 Å². The molecular weight excluding hydrogens is 482 g/mol. The van der Waals surface area contributed by atoms with E-state index in [2.05, 4.69) is 20.0 Å². The zero-order valence-corrected chi connectivity index (χ0v) is 21.8. The molecule has 192 valence electrons. The number of hydrogen-bond donors (Lipinski definition) is 2. The van der Waals surface area contributed by atoms with E-state index in [1.807, 2.05) is 34.7 Å². The van der Waals surface area contributed by atoms with Crippen molar-refractivity contribution in [2.75, 3.05) is 11.3 Å². The number of benzene rings is 1. The molecule has 36 heavy (non-hydrogen) atoms. The summed E-state index contributed by atoms with van der Waals surface area (Å²) in [5.41, 5.74) is 0.809. The van der Waals surface area contributed by atoms with E-state index < -0.39 is 11.4 Å². The molecular formula is C25H31N5O5S. The van der Waals surface area contributed by atoms with Crippen molar-refractivity contribution in [2.24, 2.45) is 13.0 Å². The molecule has 10 nitrogen and oxygen atoms in total. The molecule has 0 aliphatic carbocycles. The van der Waals surface area contributed by atoms with E-state index in [1.165, 1.54) is 6.20 Å². The number of carbonyl (C=O) groups excluding carboxylic acids is 2. The molecule has 3 atom stereocenters. The van der Waals surface area contributed by atoms with Crippen molar-refractivity contribution in [1.82, 2.24) is 19.9 Å². The van der Waals surface area contributed by atoms with Crippen molar-refractivity contribution in [3.8, 4) is 11.6 Å². The summed E-state index contributed by atoms with van der Waals surface area (Å²) < 4.78 is 29.7. The van der Waals surface area contributed by atoms with Gasteiger partial charge in [-0.15, -0.1) is 0 Å². The van der Waals surface area contributed by atoms with Crippen molar-refractivity contribution in [3.63, 3.8) is 0 Å². The predicted molar refractivity (Wildman–Crippen MR) is 137 cm³/mol. The van der Waals surface area contributed by atoms with Crippen molar-refractivity contribution in [3.05, 3.63) is 35.9 Å². The minimum absolute atomic E-state index is 0.0169. The summed E-state index contributed by atoms with van der Waals surface area (Å²) in [5.74, 6) is 1.67. The lowest BCUT2D eigenvalue weighted by atomic mass is 9.98. The van der Waals surface area contributed by atoms with Gasteiger partial charge in [0.25, 0.3) is 5.03 Å². The van der Waals surface area contributed by atoms with E-state index in [0.717, 1.165) is 18.5 Å². The summed E-state index contributed by atoms with van der Waals surface area (Å²) in [6.07, 6.45) is 5.12. The molecule has 0 radical (unpaired) electrons. The van der Waals surface area contributed by atoms with Gasteiger partial charge in [0.2, 0.25) is 11.8 Å². The Hall–Kier alpha value is -3.31. The van der Waals surface area contributed by atoms with Gasteiger partial charge in [-0.2, -0.15) is 9.71 Å². The SMILES string of the molecule is CCC1CC(=O)NC1COc1ncc(N[S+]([O-])c2cn(C)c(C)n2)c2cc(C=O)c(OC(C)C)cc12. The van der Waals surface area contributed by atoms with Crippen LogP contribution in [0.4, 0.5) is 5.69 Å². The Labute approximate surface area is 213 Å². The first kappa shape index (κ1) is 25.8. The number of aldehydes is 1. The summed E-state index contributed by atoms with van der Waals surface area (Å²) >= 11 is -1.66. The third-order valence-corrected chi connectivity index (χ3v) is 7.22. The van der Waals surface area contributed by atoms with E-state index in [1.54, 1.807) is 22.9 Å². The molecule has 1 saturated heterocycles. The van der Waals surface area contributed by atoms with E-state index >= 15 is 0 Å². The van der Waals surface area contributed by atoms with Crippen LogP contribution in [-0.2, 0) is 23.2 Å². The van der Waals surface area contributed by atoms with Crippen LogP contribution in [-0.4, -0.2) is 50.0 Å². The van der Waals surface area contributed by atoms with Crippen LogP contribution in [0.25, 0.3) is 10.8 Å². The molecule has 1 aromatic carbocycles. The summed E-state index contributed by atoms with van der Waals surface area (Å²) in [6.45, 7) is 7.88. The number of anilines is 1. The summed E-state index contributed by atoms with van der Waals surface area (Å²) in [5, 5.41) is 4.53. The predicted octanol–water partition coefficient (Wildman–Crippen LogP) is 3.30. The molecule has 2 N–H and O–H groups in total. The number of fused-ring (bicyclic) bond motifs is 1. The first-order chi connectivity index (χ1) is 17.2. The number of hydrogen-bond acceptors (Lipinski definition) is 8. The molecule has 0 spiro atoms. The van der Waals surface area contributed by atoms with Crippen molar-refractivity contribution in [1.29, 1.82) is 0 Å². The van der Waals surface area contributed by atoms with Crippen LogP contribution < -0.4 is 19.5 Å². The minimum atomic E-state index is -1.66. The van der Waals surface area contributed by atoms with Gasteiger partial charge in [0, 0.05) is 24.2 Å². The normalized spacial score (nSPS) is 18.4. The zero-order chi connectivity index (χ0) is 26.0. The molecule has 2 aromatic heterocycles. The Morgan fingerprint density at radius 2 is 2.14 bits per heavy atom. The average Bonchev–Trinajstić information content (AvgIpc) is 3.38. The van der Waals surface area contributed by atoms with Gasteiger partial charge in [-0.1, -0.05) is 13.3 Å². The first-order valence-corrected chi connectivity index (χ1v) is 13.0. The fraction of sp³-hybridized carbons (Fsp3) is 0.440. The number of rotatable bonds is 10. The van der Waals surface area contributed by atoms with E-state index in [9.17, 15) is 14.1 Å². The number of aromatic nitrogens is 3. The number of ether oxygens (including phenoxy) is 2. The number of pyridine rings is 1. The van der Waals surface area contributed by atoms with Crippen LogP contribution in [0.5, 0.6) is 11.6 Å². The maximum absolute atomic E-state index is 13.0. The van der Waals surface area contributed by atoms with Gasteiger partial charge >= 0.3 is 0 Å². The van der Waals surface area contributed by atoms with Crippen molar-refractivity contribution >= 4 is 40.0 Å². The number of amides is 1. The maximum Gasteiger partial charge on any atom is 0.289 e. The topological polar surface area (TPSA) is 130 Å². The second kappa shape index (κ2) is 10.8. The standard InChI is InChI=1S/C25H31N5O5S/c1-6-16-8-23(32)28-21(16)13-34-25-19-9-22(35-14(2)3)17(12-31)7-18(19)20(10-26-25)29-36(33)24-11-30(5)15(4)27-24/h7,9-12,14,16,21,29H,6,8,13H2,1-5H3,(H,28,32). The molecule has 3 heterocycles. The van der Waals surface area contributed by atoms with E-state index in [4.69, 9.17) is 9.47 Å². The van der Waals surface area contributed by atoms with Crippen molar-refractivity contribution < 1.29 is 23.6 Å². The fourth-order valence-electron chi connectivity index (χ4n) is 4.21. The summed E-state index contributed by atoms with van der Waals surface area (Å²) in [7, 11) is 1.83. The van der Waals surface area contributed by atoms with E-state index in [0.29, 0.717) is 45.1 Å². The summed E-state index contributed by atoms with van der Waals surface area (Å²) in [4.78, 5) is 32.6. The average molecular weight is 514 g/mol. The Bertz CT molecular complexity index is 1260. The van der Waals surface area contributed by atoms with Crippen LogP contribution in [0.15, 0.2) is 29.6 Å². The lowest BCUT2D eigenvalue weighted by molar-refractivity contribution is -0.119. The smallest absolute Gasteiger partial charge is 0.289 e. The van der Waals surface area contributed by atoms with Crippen LogP contribution in [0.3, 0.4) is 0 Å². The first-order valence-electron chi connectivity index (χ1n) is 11.9. The van der Waals surface area contributed by atoms with Crippen LogP contribution >= 0.6 is 0 Å². The van der Waals surface area contributed by atoms with Gasteiger partial charge in [0.1, 0.15) is 35.2 Å². The number of nitrogens with zero attached hydrogens (tertiary/aromatic N) is 3. The van der Waals surface area contributed by atoms with Gasteiger partial charge < -0.3 is 23.9 Å². The quantitative estimate of drug-likeness (QED) is 0.312. The summed E-state index contributed by atoms with van der Waals surface area (Å²) in [6, 6.07) is 3.27. The molecule has 0 saturated carbocycles. The van der Waals surface area contributed by atoms with Crippen molar-refractivity contribution in [2.45, 2.75) is 57.7 Å². The second-order valence-electron chi connectivity index (χ2n) is 9.16. The molecule has 1 amide bonds. The highest BCUT2D eigenvalue weighted by atomic mass is 32.2. The molecule has 1 aliphatic heterocycles. The highest BCUT2D eigenvalue weighted by Crippen LogP contribution is 2.36. The molecule has 4 rings (SSSR count). The fourth-order valence-corrected chi connectivity index (χ4v) is 5.15. The molecule has 11 heteroatoms. The maximum atomic E-state index is 13.0. The highest BCUT2D eigenvalue weighted by Gasteiger charge is 2.32. The van der Waals surface area contributed by atoms with Gasteiger partial charge in [-0.25, -0.2) is 4.98 Å². The molecule has 0 bridgehead atoms. The number of nitrogens with one attached hydrogen (secondary N) is 2. The minimum Gasteiger partial charge on any atom is -0.587 e. The molecule has 1 fully saturated rings. The number of carbonyl (C=O) groups is 2. The Balaban J connectivity index is 1.71. The van der Waals surface area contributed by atoms with Crippen LogP contribution in [0.2, 0.25) is 0 Å². The van der Waals surface area contributed by atoms with Gasteiger partial charge in [0.15, 0.2) is 6.29 Å². The third kappa shape index (κ3) is 5.41. The Morgan fingerprint density at radius 3 is 2.78 bits per heavy atom. The number of aryl methyl sites for hydroxylation is 2. The Morgan fingerprint density at radius 1 is 1.36 bits per heavy atom. The Kier molecular flexibility index (Phi) is 7.70. The van der Waals surface area contributed by atoms with Crippen LogP contribution in [0.1, 0.15) is 49.8 Å². The lowest BCUT2D eigenvalue weighted by Crippen LogP contribution is -2.34. The monoisotopic (exact) mass is 513 g/mol. The van der Waals surface area contributed by atoms with Crippen LogP contribution in [0, 0.1) is 12.8 Å². The number of imidazole rings is 1. The molecule has 1 aliphatic rings. The third-order valence-electron chi connectivity index (χ3n) is 6.24. The van der Waals surface area contributed by atoms with Gasteiger partial charge in [-0.05, 0) is 38.8 Å².